The summed E-state index contributed by atoms with van der Waals surface area (Å²) >= 11 is 0. The molecule has 1 aliphatic heterocycles. The summed E-state index contributed by atoms with van der Waals surface area (Å²) in [6.45, 7) is 8.80. The van der Waals surface area contributed by atoms with Crippen LogP contribution in [0.4, 0.5) is 4.79 Å². The van der Waals surface area contributed by atoms with Crippen molar-refractivity contribution in [3.63, 3.8) is 0 Å². The molecular formula is C14H28N2O4S. The number of hydrogen-bond donors (Lipinski definition) is 1. The second-order valence-corrected chi connectivity index (χ2v) is 9.20. The molecule has 7 heteroatoms. The van der Waals surface area contributed by atoms with Crippen molar-refractivity contribution in [2.24, 2.45) is 5.92 Å². The predicted octanol–water partition coefficient (Wildman–Crippen LogP) is 1.27. The maximum Gasteiger partial charge on any atom is 0.410 e. The lowest BCUT2D eigenvalue weighted by Crippen LogP contribution is -2.40. The monoisotopic (exact) mass is 320 g/mol. The summed E-state index contributed by atoms with van der Waals surface area (Å²) in [4.78, 5) is 13.4. The fourth-order valence-electron chi connectivity index (χ4n) is 2.27. The van der Waals surface area contributed by atoms with Gasteiger partial charge < -0.3 is 15.0 Å². The second kappa shape index (κ2) is 6.96. The highest BCUT2D eigenvalue weighted by Gasteiger charge is 2.28. The normalized spacial score (nSPS) is 22.8. The third kappa shape index (κ3) is 7.13. The Kier molecular flexibility index (Phi) is 6.04. The van der Waals surface area contributed by atoms with Gasteiger partial charge in [-0.3, -0.25) is 0 Å². The summed E-state index contributed by atoms with van der Waals surface area (Å²) in [5.41, 5.74) is -0.495. The van der Waals surface area contributed by atoms with Gasteiger partial charge in [0.05, 0.1) is 11.5 Å². The molecule has 1 heterocycles. The van der Waals surface area contributed by atoms with E-state index >= 15 is 0 Å². The number of rotatable bonds is 5. The summed E-state index contributed by atoms with van der Waals surface area (Å²) in [7, 11) is -1.13. The van der Waals surface area contributed by atoms with Gasteiger partial charge in [-0.25, -0.2) is 13.2 Å². The minimum absolute atomic E-state index is 0.0456. The van der Waals surface area contributed by atoms with E-state index in [0.29, 0.717) is 19.5 Å². The first-order chi connectivity index (χ1) is 9.48. The van der Waals surface area contributed by atoms with Crippen molar-refractivity contribution >= 4 is 15.9 Å². The van der Waals surface area contributed by atoms with Crippen LogP contribution in [-0.2, 0) is 14.6 Å². The van der Waals surface area contributed by atoms with Gasteiger partial charge in [0.25, 0.3) is 0 Å². The Hall–Kier alpha value is -0.820. The van der Waals surface area contributed by atoms with Crippen LogP contribution >= 0.6 is 0 Å². The molecule has 1 rings (SSSR count). The number of carbonyl (C=O) groups is 1. The highest BCUT2D eigenvalue weighted by Crippen LogP contribution is 2.12. The van der Waals surface area contributed by atoms with Crippen LogP contribution in [0.2, 0.25) is 0 Å². The molecule has 124 valence electrons. The van der Waals surface area contributed by atoms with Crippen LogP contribution in [0.3, 0.4) is 0 Å². The van der Waals surface area contributed by atoms with Crippen molar-refractivity contribution in [3.05, 3.63) is 0 Å². The maximum absolute atomic E-state index is 11.8. The lowest BCUT2D eigenvalue weighted by molar-refractivity contribution is 0.0276. The standard InChI is InChI=1S/C14H28N2O4S/c1-11(8-15-12-6-7-21(18,19)10-12)9-16(5)13(17)20-14(2,3)4/h11-12,15H,6-10H2,1-5H3. The van der Waals surface area contributed by atoms with Crippen LogP contribution in [0, 0.1) is 5.92 Å². The first-order valence-electron chi connectivity index (χ1n) is 7.36. The van der Waals surface area contributed by atoms with Crippen molar-refractivity contribution in [2.75, 3.05) is 31.6 Å². The number of nitrogens with zero attached hydrogens (tertiary/aromatic N) is 1. The van der Waals surface area contributed by atoms with Gasteiger partial charge in [0.15, 0.2) is 9.84 Å². The van der Waals surface area contributed by atoms with Crippen molar-refractivity contribution < 1.29 is 17.9 Å². The van der Waals surface area contributed by atoms with Crippen molar-refractivity contribution in [1.82, 2.24) is 10.2 Å². The molecular weight excluding hydrogens is 292 g/mol. The van der Waals surface area contributed by atoms with Crippen LogP contribution in [0.5, 0.6) is 0 Å². The summed E-state index contributed by atoms with van der Waals surface area (Å²) in [6, 6.07) is 0.0456. The summed E-state index contributed by atoms with van der Waals surface area (Å²) < 4.78 is 28.0. The van der Waals surface area contributed by atoms with Crippen molar-refractivity contribution in [1.29, 1.82) is 0 Å². The summed E-state index contributed by atoms with van der Waals surface area (Å²) in [5, 5.41) is 3.27. The van der Waals surface area contributed by atoms with Gasteiger partial charge in [-0.15, -0.1) is 0 Å². The summed E-state index contributed by atoms with van der Waals surface area (Å²) in [5.74, 6) is 0.726. The molecule has 0 aromatic rings. The van der Waals surface area contributed by atoms with Crippen LogP contribution in [0.15, 0.2) is 0 Å². The molecule has 0 saturated carbocycles. The molecule has 1 N–H and O–H groups in total. The number of ether oxygens (including phenoxy) is 1. The topological polar surface area (TPSA) is 75.7 Å². The van der Waals surface area contributed by atoms with E-state index in [1.54, 1.807) is 11.9 Å². The zero-order valence-corrected chi connectivity index (χ0v) is 14.5. The van der Waals surface area contributed by atoms with Crippen LogP contribution in [-0.4, -0.2) is 62.7 Å². The molecule has 0 aliphatic carbocycles. The van der Waals surface area contributed by atoms with Gasteiger partial charge >= 0.3 is 6.09 Å². The number of nitrogens with one attached hydrogen (secondary N) is 1. The molecule has 6 nitrogen and oxygen atoms in total. The minimum Gasteiger partial charge on any atom is -0.444 e. The lowest BCUT2D eigenvalue weighted by Gasteiger charge is -2.27. The third-order valence-corrected chi connectivity index (χ3v) is 5.05. The fourth-order valence-corrected chi connectivity index (χ4v) is 3.98. The fraction of sp³-hybridized carbons (Fsp3) is 0.929. The van der Waals surface area contributed by atoms with E-state index in [2.05, 4.69) is 5.32 Å². The van der Waals surface area contributed by atoms with Crippen LogP contribution in [0.25, 0.3) is 0 Å². The molecule has 0 bridgehead atoms. The quantitative estimate of drug-likeness (QED) is 0.825. The van der Waals surface area contributed by atoms with Crippen LogP contribution < -0.4 is 5.32 Å². The summed E-state index contributed by atoms with van der Waals surface area (Å²) in [6.07, 6.45) is 0.342. The van der Waals surface area contributed by atoms with E-state index in [-0.39, 0.29) is 29.6 Å². The van der Waals surface area contributed by atoms with Crippen LogP contribution in [0.1, 0.15) is 34.1 Å². The average molecular weight is 320 g/mol. The van der Waals surface area contributed by atoms with Gasteiger partial charge in [-0.1, -0.05) is 6.92 Å². The number of carbonyl (C=O) groups excluding carboxylic acids is 1. The molecule has 0 spiro atoms. The average Bonchev–Trinajstić information content (AvgIpc) is 2.64. The molecule has 2 unspecified atom stereocenters. The van der Waals surface area contributed by atoms with E-state index in [1.807, 2.05) is 27.7 Å². The first kappa shape index (κ1) is 18.2. The van der Waals surface area contributed by atoms with E-state index in [0.717, 1.165) is 0 Å². The first-order valence-corrected chi connectivity index (χ1v) is 9.18. The molecule has 0 aromatic carbocycles. The van der Waals surface area contributed by atoms with Crippen molar-refractivity contribution in [3.8, 4) is 0 Å². The molecule has 1 fully saturated rings. The highest BCUT2D eigenvalue weighted by atomic mass is 32.2. The zero-order chi connectivity index (χ0) is 16.3. The minimum atomic E-state index is -2.85. The highest BCUT2D eigenvalue weighted by molar-refractivity contribution is 7.91. The smallest absolute Gasteiger partial charge is 0.410 e. The second-order valence-electron chi connectivity index (χ2n) is 6.97. The van der Waals surface area contributed by atoms with E-state index in [1.165, 1.54) is 0 Å². The van der Waals surface area contributed by atoms with Gasteiger partial charge in [-0.2, -0.15) is 0 Å². The van der Waals surface area contributed by atoms with Gasteiger partial charge in [0.2, 0.25) is 0 Å². The zero-order valence-electron chi connectivity index (χ0n) is 13.7. The Balaban J connectivity index is 2.30. The van der Waals surface area contributed by atoms with Gasteiger partial charge in [0.1, 0.15) is 5.60 Å². The molecule has 1 saturated heterocycles. The SMILES string of the molecule is CC(CNC1CCS(=O)(=O)C1)CN(C)C(=O)OC(C)(C)C. The van der Waals surface area contributed by atoms with E-state index in [9.17, 15) is 13.2 Å². The number of hydrogen-bond acceptors (Lipinski definition) is 5. The Morgan fingerprint density at radius 1 is 1.43 bits per heavy atom. The molecule has 0 radical (unpaired) electrons. The molecule has 21 heavy (non-hydrogen) atoms. The van der Waals surface area contributed by atoms with Crippen molar-refractivity contribution in [2.45, 2.75) is 45.8 Å². The van der Waals surface area contributed by atoms with Gasteiger partial charge in [0, 0.05) is 19.6 Å². The number of sulfone groups is 1. The predicted molar refractivity (Wildman–Crippen MR) is 83.1 cm³/mol. The molecule has 2 atom stereocenters. The Bertz CT molecular complexity index is 456. The molecule has 1 amide bonds. The molecule has 0 aromatic heterocycles. The Morgan fingerprint density at radius 2 is 2.05 bits per heavy atom. The molecule has 1 aliphatic rings. The van der Waals surface area contributed by atoms with E-state index in [4.69, 9.17) is 4.74 Å². The number of amides is 1. The van der Waals surface area contributed by atoms with Gasteiger partial charge in [-0.05, 0) is 39.7 Å². The third-order valence-electron chi connectivity index (χ3n) is 3.28. The van der Waals surface area contributed by atoms with E-state index < -0.39 is 15.4 Å². The maximum atomic E-state index is 11.8. The largest absolute Gasteiger partial charge is 0.444 e. The Labute approximate surface area is 128 Å². The Morgan fingerprint density at radius 3 is 2.52 bits per heavy atom. The lowest BCUT2D eigenvalue weighted by atomic mass is 10.1.